The molecule has 0 spiro atoms. The highest BCUT2D eigenvalue weighted by Crippen LogP contribution is 2.26. The van der Waals surface area contributed by atoms with Crippen LogP contribution in [0.5, 0.6) is 5.75 Å². The first kappa shape index (κ1) is 6.68. The number of hydrogen-bond donors (Lipinski definition) is 0. The summed E-state index contributed by atoms with van der Waals surface area (Å²) in [5, 5.41) is 0. The van der Waals surface area contributed by atoms with Gasteiger partial charge >= 0.3 is 0 Å². The molecule has 0 aliphatic carbocycles. The Labute approximate surface area is 65.7 Å². The van der Waals surface area contributed by atoms with Gasteiger partial charge in [0, 0.05) is 12.0 Å². The smallest absolute Gasteiger partial charge is 0.171 e. The van der Waals surface area contributed by atoms with E-state index in [1.54, 1.807) is 0 Å². The van der Waals surface area contributed by atoms with Crippen molar-refractivity contribution in [3.05, 3.63) is 29.3 Å². The molecule has 0 aromatic heterocycles. The summed E-state index contributed by atoms with van der Waals surface area (Å²) in [5.74, 6) is 0.902. The summed E-state index contributed by atoms with van der Waals surface area (Å²) < 4.78 is 0. The van der Waals surface area contributed by atoms with Crippen LogP contribution in [-0.4, -0.2) is 6.61 Å². The molecule has 1 aliphatic rings. The Balaban J connectivity index is 2.49. The van der Waals surface area contributed by atoms with Gasteiger partial charge in [0.1, 0.15) is 0 Å². The molecule has 0 atom stereocenters. The average Bonchev–Trinajstić information content (AvgIpc) is 2.06. The zero-order chi connectivity index (χ0) is 7.68. The lowest BCUT2D eigenvalue weighted by Gasteiger charge is -2.16. The van der Waals surface area contributed by atoms with E-state index in [1.807, 2.05) is 19.1 Å². The molecule has 1 aromatic carbocycles. The zero-order valence-corrected chi connectivity index (χ0v) is 6.46. The van der Waals surface area contributed by atoms with E-state index in [4.69, 9.17) is 9.78 Å². The van der Waals surface area contributed by atoms with Gasteiger partial charge in [-0.2, -0.15) is 4.89 Å². The second-order valence-corrected chi connectivity index (χ2v) is 2.72. The van der Waals surface area contributed by atoms with E-state index < -0.39 is 0 Å². The molecule has 0 radical (unpaired) electrons. The maximum absolute atomic E-state index is 5.05. The first-order chi connectivity index (χ1) is 5.38. The Morgan fingerprint density at radius 2 is 2.27 bits per heavy atom. The maximum atomic E-state index is 5.05. The number of fused-ring (bicyclic) bond motifs is 1. The molecule has 0 N–H and O–H groups in total. The minimum atomic E-state index is 0.663. The van der Waals surface area contributed by atoms with Gasteiger partial charge in [0.05, 0.1) is 6.61 Å². The third-order valence-electron chi connectivity index (χ3n) is 1.89. The topological polar surface area (TPSA) is 18.5 Å². The van der Waals surface area contributed by atoms with Gasteiger partial charge in [-0.15, -0.1) is 0 Å². The number of benzene rings is 1. The third kappa shape index (κ3) is 1.10. The molecule has 0 saturated heterocycles. The van der Waals surface area contributed by atoms with Crippen molar-refractivity contribution in [3.63, 3.8) is 0 Å². The van der Waals surface area contributed by atoms with Crippen molar-refractivity contribution in [1.29, 1.82) is 0 Å². The molecule has 11 heavy (non-hydrogen) atoms. The zero-order valence-electron chi connectivity index (χ0n) is 6.46. The number of hydrogen-bond acceptors (Lipinski definition) is 2. The Morgan fingerprint density at radius 3 is 3.09 bits per heavy atom. The molecular weight excluding hydrogens is 140 g/mol. The Morgan fingerprint density at radius 1 is 1.36 bits per heavy atom. The van der Waals surface area contributed by atoms with E-state index in [2.05, 4.69) is 6.07 Å². The fraction of sp³-hybridized carbons (Fsp3) is 0.333. The van der Waals surface area contributed by atoms with Crippen LogP contribution in [0.3, 0.4) is 0 Å². The van der Waals surface area contributed by atoms with E-state index in [0.717, 1.165) is 17.7 Å². The Bertz CT molecular complexity index is 268. The minimum Gasteiger partial charge on any atom is -0.337 e. The van der Waals surface area contributed by atoms with E-state index >= 15 is 0 Å². The first-order valence-corrected chi connectivity index (χ1v) is 3.76. The molecule has 1 heterocycles. The monoisotopic (exact) mass is 150 g/mol. The SMILES string of the molecule is Cc1cccc2c1OOCC2. The molecule has 2 rings (SSSR count). The van der Waals surface area contributed by atoms with Crippen molar-refractivity contribution in [2.75, 3.05) is 6.61 Å². The van der Waals surface area contributed by atoms with Crippen molar-refractivity contribution in [1.82, 2.24) is 0 Å². The van der Waals surface area contributed by atoms with Crippen molar-refractivity contribution in [2.24, 2.45) is 0 Å². The fourth-order valence-electron chi connectivity index (χ4n) is 1.28. The lowest BCUT2D eigenvalue weighted by Crippen LogP contribution is -2.11. The predicted octanol–water partition coefficient (Wildman–Crippen LogP) is 1.86. The molecule has 0 amide bonds. The summed E-state index contributed by atoms with van der Waals surface area (Å²) in [6.07, 6.45) is 0.955. The van der Waals surface area contributed by atoms with Crippen LogP contribution in [0.15, 0.2) is 18.2 Å². The molecule has 2 nitrogen and oxygen atoms in total. The van der Waals surface area contributed by atoms with Crippen LogP contribution in [0.4, 0.5) is 0 Å². The van der Waals surface area contributed by atoms with E-state index in [1.165, 1.54) is 5.56 Å². The quantitative estimate of drug-likeness (QED) is 0.525. The van der Waals surface area contributed by atoms with Crippen LogP contribution >= 0.6 is 0 Å². The van der Waals surface area contributed by atoms with Gasteiger partial charge < -0.3 is 4.89 Å². The van der Waals surface area contributed by atoms with Crippen LogP contribution in [0, 0.1) is 6.92 Å². The molecular formula is C9H10O2. The van der Waals surface area contributed by atoms with Crippen molar-refractivity contribution in [2.45, 2.75) is 13.3 Å². The summed E-state index contributed by atoms with van der Waals surface area (Å²) in [6, 6.07) is 6.14. The normalized spacial score (nSPS) is 15.4. The van der Waals surface area contributed by atoms with Crippen molar-refractivity contribution >= 4 is 0 Å². The second kappa shape index (κ2) is 2.55. The predicted molar refractivity (Wildman–Crippen MR) is 41.5 cm³/mol. The third-order valence-corrected chi connectivity index (χ3v) is 1.89. The van der Waals surface area contributed by atoms with Gasteiger partial charge in [-0.25, -0.2) is 0 Å². The molecule has 2 heteroatoms. The number of para-hydroxylation sites is 1. The summed E-state index contributed by atoms with van der Waals surface area (Å²) in [4.78, 5) is 9.93. The highest BCUT2D eigenvalue weighted by Gasteiger charge is 2.12. The van der Waals surface area contributed by atoms with Gasteiger partial charge in [0.25, 0.3) is 0 Å². The Kier molecular flexibility index (Phi) is 1.55. The molecule has 0 bridgehead atoms. The van der Waals surface area contributed by atoms with Crippen molar-refractivity contribution < 1.29 is 9.78 Å². The minimum absolute atomic E-state index is 0.663. The molecule has 1 aromatic rings. The lowest BCUT2D eigenvalue weighted by molar-refractivity contribution is -0.215. The summed E-state index contributed by atoms with van der Waals surface area (Å²) in [7, 11) is 0. The summed E-state index contributed by atoms with van der Waals surface area (Å²) >= 11 is 0. The van der Waals surface area contributed by atoms with Gasteiger partial charge in [-0.3, -0.25) is 0 Å². The van der Waals surface area contributed by atoms with Crippen LogP contribution in [-0.2, 0) is 11.3 Å². The fourth-order valence-corrected chi connectivity index (χ4v) is 1.28. The molecule has 0 fully saturated rings. The van der Waals surface area contributed by atoms with Crippen LogP contribution in [0.2, 0.25) is 0 Å². The number of rotatable bonds is 0. The Hall–Kier alpha value is -1.02. The van der Waals surface area contributed by atoms with Crippen LogP contribution < -0.4 is 4.89 Å². The van der Waals surface area contributed by atoms with Gasteiger partial charge in [0.15, 0.2) is 5.75 Å². The van der Waals surface area contributed by atoms with E-state index in [0.29, 0.717) is 6.61 Å². The first-order valence-electron chi connectivity index (χ1n) is 3.76. The highest BCUT2D eigenvalue weighted by molar-refractivity contribution is 5.40. The standard InChI is InChI=1S/C9H10O2/c1-7-3-2-4-8-5-6-10-11-9(7)8/h2-4H,5-6H2,1H3. The van der Waals surface area contributed by atoms with Gasteiger partial charge in [-0.1, -0.05) is 18.2 Å². The molecule has 1 aliphatic heterocycles. The van der Waals surface area contributed by atoms with E-state index in [9.17, 15) is 0 Å². The van der Waals surface area contributed by atoms with Gasteiger partial charge in [0.2, 0.25) is 0 Å². The largest absolute Gasteiger partial charge is 0.337 e. The molecule has 0 saturated carbocycles. The molecule has 58 valence electrons. The highest BCUT2D eigenvalue weighted by atomic mass is 17.2. The van der Waals surface area contributed by atoms with Crippen molar-refractivity contribution in [3.8, 4) is 5.75 Å². The second-order valence-electron chi connectivity index (χ2n) is 2.72. The molecule has 0 unspecified atom stereocenters. The summed E-state index contributed by atoms with van der Waals surface area (Å²) in [6.45, 7) is 2.68. The van der Waals surface area contributed by atoms with Gasteiger partial charge in [-0.05, 0) is 12.5 Å². The lowest BCUT2D eigenvalue weighted by atomic mass is 10.1. The maximum Gasteiger partial charge on any atom is 0.171 e. The van der Waals surface area contributed by atoms with Crippen LogP contribution in [0.1, 0.15) is 11.1 Å². The average molecular weight is 150 g/mol. The van der Waals surface area contributed by atoms with E-state index in [-0.39, 0.29) is 0 Å². The van der Waals surface area contributed by atoms with Crippen LogP contribution in [0.25, 0.3) is 0 Å². The summed E-state index contributed by atoms with van der Waals surface area (Å²) in [5.41, 5.74) is 2.39. The number of aryl methyl sites for hydroxylation is 1.